The van der Waals surface area contributed by atoms with Gasteiger partial charge in [-0.3, -0.25) is 9.69 Å². The molecule has 1 rings (SSSR count). The number of carbonyl (C=O) groups is 1. The molecule has 0 saturated carbocycles. The summed E-state index contributed by atoms with van der Waals surface area (Å²) in [5.41, 5.74) is 0. The van der Waals surface area contributed by atoms with Gasteiger partial charge in [-0.15, -0.1) is 0 Å². The molecule has 3 nitrogen and oxygen atoms in total. The molecular formula is C14H27N2OS. The van der Waals surface area contributed by atoms with Crippen molar-refractivity contribution < 1.29 is 4.79 Å². The predicted octanol–water partition coefficient (Wildman–Crippen LogP) is 2.67. The van der Waals surface area contributed by atoms with E-state index in [1.54, 1.807) is 0 Å². The van der Waals surface area contributed by atoms with Crippen LogP contribution in [-0.2, 0) is 4.79 Å². The van der Waals surface area contributed by atoms with Crippen molar-refractivity contribution in [1.82, 2.24) is 10.2 Å². The molecule has 0 spiro atoms. The van der Waals surface area contributed by atoms with Gasteiger partial charge in [-0.1, -0.05) is 33.1 Å². The van der Waals surface area contributed by atoms with Crippen molar-refractivity contribution in [3.05, 3.63) is 6.92 Å². The molecule has 1 atom stereocenters. The van der Waals surface area contributed by atoms with Crippen molar-refractivity contribution in [2.75, 3.05) is 24.6 Å². The zero-order chi connectivity index (χ0) is 13.2. The van der Waals surface area contributed by atoms with E-state index in [1.807, 2.05) is 18.7 Å². The third kappa shape index (κ3) is 6.10. The van der Waals surface area contributed by atoms with Gasteiger partial charge in [0.2, 0.25) is 5.91 Å². The Bertz CT molecular complexity index is 236. The number of amides is 1. The van der Waals surface area contributed by atoms with Gasteiger partial charge >= 0.3 is 0 Å². The summed E-state index contributed by atoms with van der Waals surface area (Å²) in [6.07, 6.45) is 6.55. The molecule has 0 aromatic rings. The number of unbranched alkanes of at least 4 members (excludes halogenated alkanes) is 3. The van der Waals surface area contributed by atoms with Crippen LogP contribution < -0.4 is 5.32 Å². The second-order valence-corrected chi connectivity index (χ2v) is 6.01. The highest BCUT2D eigenvalue weighted by Gasteiger charge is 2.23. The molecule has 1 aliphatic heterocycles. The number of nitrogens with zero attached hydrogens (tertiary/aromatic N) is 1. The largest absolute Gasteiger partial charge is 0.340 e. The fraction of sp³-hybridized carbons (Fsp3) is 0.857. The van der Waals surface area contributed by atoms with Crippen LogP contribution in [0.5, 0.6) is 0 Å². The van der Waals surface area contributed by atoms with E-state index in [0.717, 1.165) is 31.7 Å². The molecule has 4 heteroatoms. The SMILES string of the molecule is [CH2]CCCCCN1CCSCC1NC(=O)CCC. The zero-order valence-corrected chi connectivity index (χ0v) is 12.4. The molecule has 0 aliphatic carbocycles. The van der Waals surface area contributed by atoms with E-state index < -0.39 is 0 Å². The quantitative estimate of drug-likeness (QED) is 0.689. The van der Waals surface area contributed by atoms with Gasteiger partial charge in [0.05, 0.1) is 6.17 Å². The van der Waals surface area contributed by atoms with Crippen LogP contribution in [0.2, 0.25) is 0 Å². The molecule has 1 N–H and O–H groups in total. The van der Waals surface area contributed by atoms with Crippen LogP contribution in [0.3, 0.4) is 0 Å². The maximum Gasteiger partial charge on any atom is 0.221 e. The lowest BCUT2D eigenvalue weighted by Gasteiger charge is -2.35. The molecule has 1 saturated heterocycles. The van der Waals surface area contributed by atoms with Crippen LogP contribution in [0.15, 0.2) is 0 Å². The Balaban J connectivity index is 2.29. The summed E-state index contributed by atoms with van der Waals surface area (Å²) in [7, 11) is 0. The monoisotopic (exact) mass is 271 g/mol. The van der Waals surface area contributed by atoms with E-state index in [2.05, 4.69) is 17.1 Å². The van der Waals surface area contributed by atoms with Gasteiger partial charge in [-0.05, 0) is 12.8 Å². The first-order valence-corrected chi connectivity index (χ1v) is 8.33. The Hall–Kier alpha value is -0.220. The fourth-order valence-corrected chi connectivity index (χ4v) is 3.24. The number of carbonyl (C=O) groups excluding carboxylic acids is 1. The van der Waals surface area contributed by atoms with E-state index in [-0.39, 0.29) is 12.1 Å². The second kappa shape index (κ2) is 9.68. The first-order chi connectivity index (χ1) is 8.77. The van der Waals surface area contributed by atoms with E-state index in [4.69, 9.17) is 0 Å². The molecule has 1 aliphatic rings. The Kier molecular flexibility index (Phi) is 8.51. The first-order valence-electron chi connectivity index (χ1n) is 7.18. The molecule has 105 valence electrons. The first kappa shape index (κ1) is 15.8. The van der Waals surface area contributed by atoms with Crippen molar-refractivity contribution in [2.45, 2.75) is 51.6 Å². The minimum Gasteiger partial charge on any atom is -0.340 e. The Morgan fingerprint density at radius 3 is 3.00 bits per heavy atom. The number of nitrogens with one attached hydrogen (secondary N) is 1. The van der Waals surface area contributed by atoms with E-state index in [9.17, 15) is 4.79 Å². The molecule has 0 aromatic heterocycles. The molecule has 18 heavy (non-hydrogen) atoms. The van der Waals surface area contributed by atoms with Gasteiger partial charge in [0.15, 0.2) is 0 Å². The lowest BCUT2D eigenvalue weighted by Crippen LogP contribution is -2.53. The summed E-state index contributed by atoms with van der Waals surface area (Å²) in [4.78, 5) is 14.1. The van der Waals surface area contributed by atoms with Crippen LogP contribution in [0.1, 0.15) is 45.4 Å². The van der Waals surface area contributed by atoms with Gasteiger partial charge in [-0.25, -0.2) is 0 Å². The summed E-state index contributed by atoms with van der Waals surface area (Å²) in [5, 5.41) is 3.16. The van der Waals surface area contributed by atoms with Crippen LogP contribution in [0.4, 0.5) is 0 Å². The summed E-state index contributed by atoms with van der Waals surface area (Å²) >= 11 is 1.94. The summed E-state index contributed by atoms with van der Waals surface area (Å²) in [6.45, 7) is 8.13. The molecule has 1 radical (unpaired) electrons. The highest BCUT2D eigenvalue weighted by molar-refractivity contribution is 7.99. The third-order valence-corrected chi connectivity index (χ3v) is 4.26. The summed E-state index contributed by atoms with van der Waals surface area (Å²) in [5.74, 6) is 2.42. The molecule has 0 aromatic carbocycles. The number of thioether (sulfide) groups is 1. The van der Waals surface area contributed by atoms with Crippen LogP contribution in [0, 0.1) is 6.92 Å². The summed E-state index contributed by atoms with van der Waals surface area (Å²) in [6, 6.07) is 0. The topological polar surface area (TPSA) is 32.3 Å². The Morgan fingerprint density at radius 1 is 1.44 bits per heavy atom. The number of hydrogen-bond donors (Lipinski definition) is 1. The van der Waals surface area contributed by atoms with Crippen molar-refractivity contribution in [3.8, 4) is 0 Å². The Labute approximate surface area is 116 Å². The minimum absolute atomic E-state index is 0.202. The van der Waals surface area contributed by atoms with Crippen LogP contribution in [0.25, 0.3) is 0 Å². The van der Waals surface area contributed by atoms with Crippen LogP contribution in [-0.4, -0.2) is 41.6 Å². The lowest BCUT2D eigenvalue weighted by molar-refractivity contribution is -0.122. The fourth-order valence-electron chi connectivity index (χ4n) is 2.19. The smallest absolute Gasteiger partial charge is 0.221 e. The summed E-state index contributed by atoms with van der Waals surface area (Å²) < 4.78 is 0. The maximum absolute atomic E-state index is 11.7. The number of rotatable bonds is 8. The molecule has 1 fully saturated rings. The van der Waals surface area contributed by atoms with E-state index in [1.165, 1.54) is 25.0 Å². The number of hydrogen-bond acceptors (Lipinski definition) is 3. The highest BCUT2D eigenvalue weighted by Crippen LogP contribution is 2.16. The normalized spacial score (nSPS) is 20.9. The van der Waals surface area contributed by atoms with Gasteiger partial charge in [0.25, 0.3) is 0 Å². The predicted molar refractivity (Wildman–Crippen MR) is 79.6 cm³/mol. The highest BCUT2D eigenvalue weighted by atomic mass is 32.2. The third-order valence-electron chi connectivity index (χ3n) is 3.24. The van der Waals surface area contributed by atoms with Gasteiger partial charge in [0.1, 0.15) is 0 Å². The van der Waals surface area contributed by atoms with Crippen LogP contribution >= 0.6 is 11.8 Å². The van der Waals surface area contributed by atoms with E-state index in [0.29, 0.717) is 6.42 Å². The zero-order valence-electron chi connectivity index (χ0n) is 11.6. The lowest BCUT2D eigenvalue weighted by atomic mass is 10.2. The standard InChI is InChI=1S/C14H27N2OS/c1-3-5-6-7-9-16-10-11-18-12-13(16)15-14(17)8-4-2/h13H,1,3-12H2,2H3,(H,15,17). The van der Waals surface area contributed by atoms with Crippen molar-refractivity contribution >= 4 is 17.7 Å². The van der Waals surface area contributed by atoms with Crippen molar-refractivity contribution in [2.24, 2.45) is 0 Å². The average Bonchev–Trinajstić information content (AvgIpc) is 2.37. The van der Waals surface area contributed by atoms with Gasteiger partial charge in [-0.2, -0.15) is 11.8 Å². The second-order valence-electron chi connectivity index (χ2n) is 4.86. The molecule has 0 bridgehead atoms. The van der Waals surface area contributed by atoms with Gasteiger partial charge in [0, 0.05) is 31.0 Å². The molecule has 1 heterocycles. The average molecular weight is 271 g/mol. The van der Waals surface area contributed by atoms with E-state index >= 15 is 0 Å². The molecular weight excluding hydrogens is 244 g/mol. The van der Waals surface area contributed by atoms with Crippen molar-refractivity contribution in [1.29, 1.82) is 0 Å². The minimum atomic E-state index is 0.202. The van der Waals surface area contributed by atoms with Gasteiger partial charge < -0.3 is 5.32 Å². The molecule has 1 amide bonds. The maximum atomic E-state index is 11.7. The Morgan fingerprint density at radius 2 is 2.28 bits per heavy atom. The van der Waals surface area contributed by atoms with Crippen molar-refractivity contribution in [3.63, 3.8) is 0 Å². The molecule has 1 unspecified atom stereocenters.